The molecule has 2 atom stereocenters. The lowest BCUT2D eigenvalue weighted by Crippen LogP contribution is -2.42. The van der Waals surface area contributed by atoms with Crippen molar-refractivity contribution in [2.45, 2.75) is 29.6 Å². The molecule has 0 amide bonds. The Hall–Kier alpha value is -1.21. The van der Waals surface area contributed by atoms with E-state index in [0.29, 0.717) is 5.02 Å². The van der Waals surface area contributed by atoms with Crippen molar-refractivity contribution >= 4 is 43.3 Å². The van der Waals surface area contributed by atoms with Crippen molar-refractivity contribution in [2.75, 3.05) is 0 Å². The van der Waals surface area contributed by atoms with Gasteiger partial charge in [0.05, 0.1) is 15.8 Å². The van der Waals surface area contributed by atoms with Gasteiger partial charge in [0.1, 0.15) is 5.78 Å². The predicted molar refractivity (Wildman–Crippen MR) is 99.1 cm³/mol. The molecule has 0 saturated heterocycles. The number of sulfonamides is 1. The number of alkyl halides is 1. The highest BCUT2D eigenvalue weighted by Gasteiger charge is 2.30. The third-order valence-electron chi connectivity index (χ3n) is 3.53. The zero-order chi connectivity index (χ0) is 17.9. The average molecular weight is 431 g/mol. The Morgan fingerprint density at radius 1 is 1.08 bits per heavy atom. The molecular formula is C17H17BrClNO3S. The van der Waals surface area contributed by atoms with Crippen LogP contribution in [0.5, 0.6) is 0 Å². The van der Waals surface area contributed by atoms with Gasteiger partial charge in [-0.15, -0.1) is 0 Å². The molecule has 0 aliphatic carbocycles. The summed E-state index contributed by atoms with van der Waals surface area (Å²) in [5.41, 5.74) is 1.71. The largest absolute Gasteiger partial charge is 0.298 e. The number of benzene rings is 2. The Morgan fingerprint density at radius 3 is 2.12 bits per heavy atom. The van der Waals surface area contributed by atoms with Crippen LogP contribution < -0.4 is 4.72 Å². The molecule has 0 spiro atoms. The van der Waals surface area contributed by atoms with Gasteiger partial charge >= 0.3 is 0 Å². The van der Waals surface area contributed by atoms with Crippen LogP contribution in [0.25, 0.3) is 0 Å². The van der Waals surface area contributed by atoms with E-state index >= 15 is 0 Å². The van der Waals surface area contributed by atoms with Crippen LogP contribution in [-0.2, 0) is 14.8 Å². The quantitative estimate of drug-likeness (QED) is 0.704. The van der Waals surface area contributed by atoms with Gasteiger partial charge in [-0.25, -0.2) is 8.42 Å². The smallest absolute Gasteiger partial charge is 0.241 e. The van der Waals surface area contributed by atoms with Gasteiger partial charge in [0.25, 0.3) is 0 Å². The molecule has 2 aromatic rings. The normalized spacial score (nSPS) is 14.2. The molecule has 1 N–H and O–H groups in total. The molecule has 0 unspecified atom stereocenters. The Kier molecular flexibility index (Phi) is 6.20. The summed E-state index contributed by atoms with van der Waals surface area (Å²) in [4.78, 5) is 11.6. The summed E-state index contributed by atoms with van der Waals surface area (Å²) in [7, 11) is -3.81. The number of nitrogens with one attached hydrogen (secondary N) is 1. The van der Waals surface area contributed by atoms with E-state index in [2.05, 4.69) is 20.7 Å². The molecule has 0 aliphatic heterocycles. The number of carbonyl (C=O) groups is 1. The lowest BCUT2D eigenvalue weighted by atomic mass is 10.0. The van der Waals surface area contributed by atoms with Crippen molar-refractivity contribution in [3.05, 3.63) is 64.7 Å². The summed E-state index contributed by atoms with van der Waals surface area (Å²) >= 11 is 9.29. The molecule has 0 fully saturated rings. The summed E-state index contributed by atoms with van der Waals surface area (Å²) in [5.74, 6) is -0.289. The maximum Gasteiger partial charge on any atom is 0.241 e. The van der Waals surface area contributed by atoms with Crippen molar-refractivity contribution < 1.29 is 13.2 Å². The van der Waals surface area contributed by atoms with Crippen molar-refractivity contribution in [1.82, 2.24) is 4.72 Å². The number of hydrogen-bond acceptors (Lipinski definition) is 3. The highest BCUT2D eigenvalue weighted by Crippen LogP contribution is 2.29. The van der Waals surface area contributed by atoms with Crippen LogP contribution in [0.3, 0.4) is 0 Å². The lowest BCUT2D eigenvalue weighted by Gasteiger charge is -2.22. The first-order valence-electron chi connectivity index (χ1n) is 7.19. The molecule has 0 bridgehead atoms. The first-order chi connectivity index (χ1) is 11.2. The molecule has 0 heterocycles. The number of carbonyl (C=O) groups excluding carboxylic acids is 1. The lowest BCUT2D eigenvalue weighted by molar-refractivity contribution is -0.118. The van der Waals surface area contributed by atoms with Crippen LogP contribution in [0.1, 0.15) is 22.9 Å². The van der Waals surface area contributed by atoms with Gasteiger partial charge in [0, 0.05) is 5.02 Å². The number of hydrogen-bond donors (Lipinski definition) is 1. The Bertz CT molecular complexity index is 820. The van der Waals surface area contributed by atoms with Crippen LogP contribution in [0.2, 0.25) is 5.02 Å². The van der Waals surface area contributed by atoms with Crippen molar-refractivity contribution in [1.29, 1.82) is 0 Å². The molecule has 2 rings (SSSR count). The van der Waals surface area contributed by atoms with Crippen molar-refractivity contribution in [3.63, 3.8) is 0 Å². The molecule has 128 valence electrons. The number of rotatable bonds is 6. The molecule has 0 saturated carbocycles. The second-order valence-electron chi connectivity index (χ2n) is 5.48. The highest BCUT2D eigenvalue weighted by atomic mass is 79.9. The minimum absolute atomic E-state index is 0.121. The van der Waals surface area contributed by atoms with Gasteiger partial charge < -0.3 is 0 Å². The number of aryl methyl sites for hydroxylation is 1. The number of Topliss-reactive ketones (excluding diaryl/α,β-unsaturated/α-hetero) is 1. The summed E-state index contributed by atoms with van der Waals surface area (Å²) in [5, 5.41) is 0.568. The summed E-state index contributed by atoms with van der Waals surface area (Å²) in [6.45, 7) is 3.23. The summed E-state index contributed by atoms with van der Waals surface area (Å²) in [6.07, 6.45) is 0. The monoisotopic (exact) mass is 429 g/mol. The standard InChI is InChI=1S/C17H17BrClNO3S/c1-11-3-9-15(10-4-11)24(22,23)20-17(12(2)21)16(18)13-5-7-14(19)8-6-13/h3-10,16-17,20H,1-2H3/t16-,17+/m0/s1. The second kappa shape index (κ2) is 7.78. The Labute approximate surface area is 155 Å². The van der Waals surface area contributed by atoms with Gasteiger partial charge in [-0.2, -0.15) is 4.72 Å². The maximum atomic E-state index is 12.5. The topological polar surface area (TPSA) is 63.2 Å². The minimum Gasteiger partial charge on any atom is -0.298 e. The van der Waals surface area contributed by atoms with Crippen LogP contribution in [-0.4, -0.2) is 20.2 Å². The molecule has 24 heavy (non-hydrogen) atoms. The molecule has 2 aromatic carbocycles. The zero-order valence-electron chi connectivity index (χ0n) is 13.2. The van der Waals surface area contributed by atoms with E-state index < -0.39 is 20.9 Å². The van der Waals surface area contributed by atoms with Gasteiger partial charge in [0.2, 0.25) is 10.0 Å². The number of halogens is 2. The second-order valence-corrected chi connectivity index (χ2v) is 8.61. The fraction of sp³-hybridized carbons (Fsp3) is 0.235. The molecule has 0 radical (unpaired) electrons. The van der Waals surface area contributed by atoms with E-state index in [9.17, 15) is 13.2 Å². The van der Waals surface area contributed by atoms with E-state index in [1.807, 2.05) is 6.92 Å². The Morgan fingerprint density at radius 2 is 1.62 bits per heavy atom. The van der Waals surface area contributed by atoms with Crippen LogP contribution in [0, 0.1) is 6.92 Å². The fourth-order valence-electron chi connectivity index (χ4n) is 2.14. The average Bonchev–Trinajstić information content (AvgIpc) is 2.53. The third-order valence-corrected chi connectivity index (χ3v) is 6.30. The van der Waals surface area contributed by atoms with E-state index in [4.69, 9.17) is 11.6 Å². The summed E-state index contributed by atoms with van der Waals surface area (Å²) < 4.78 is 27.6. The fourth-order valence-corrected chi connectivity index (χ4v) is 4.52. The van der Waals surface area contributed by atoms with Crippen molar-refractivity contribution in [3.8, 4) is 0 Å². The third kappa shape index (κ3) is 4.66. The SMILES string of the molecule is CC(=O)[C@@H](NS(=O)(=O)c1ccc(C)cc1)[C@@H](Br)c1ccc(Cl)cc1. The Balaban J connectivity index is 2.29. The first kappa shape index (κ1) is 19.1. The zero-order valence-corrected chi connectivity index (χ0v) is 16.3. The van der Waals surface area contributed by atoms with Gasteiger partial charge in [-0.05, 0) is 43.7 Å². The van der Waals surface area contributed by atoms with E-state index in [0.717, 1.165) is 11.1 Å². The van der Waals surface area contributed by atoms with Crippen LogP contribution in [0.15, 0.2) is 53.4 Å². The summed E-state index contributed by atoms with van der Waals surface area (Å²) in [6, 6.07) is 12.4. The molecule has 0 aromatic heterocycles. The molecular weight excluding hydrogens is 414 g/mol. The minimum atomic E-state index is -3.81. The highest BCUT2D eigenvalue weighted by molar-refractivity contribution is 9.09. The van der Waals surface area contributed by atoms with Crippen molar-refractivity contribution in [2.24, 2.45) is 0 Å². The van der Waals surface area contributed by atoms with Gasteiger partial charge in [-0.3, -0.25) is 4.79 Å². The maximum absolute atomic E-state index is 12.5. The first-order valence-corrected chi connectivity index (χ1v) is 9.97. The van der Waals surface area contributed by atoms with Crippen LogP contribution in [0.4, 0.5) is 0 Å². The van der Waals surface area contributed by atoms with Crippen LogP contribution >= 0.6 is 27.5 Å². The molecule has 4 nitrogen and oxygen atoms in total. The van der Waals surface area contributed by atoms with E-state index in [-0.39, 0.29) is 10.7 Å². The number of ketones is 1. The molecule has 0 aliphatic rings. The van der Waals surface area contributed by atoms with E-state index in [1.54, 1.807) is 36.4 Å². The van der Waals surface area contributed by atoms with E-state index in [1.165, 1.54) is 19.1 Å². The van der Waals surface area contributed by atoms with Gasteiger partial charge in [-0.1, -0.05) is 57.4 Å². The predicted octanol–water partition coefficient (Wildman–Crippen LogP) is 4.02. The van der Waals surface area contributed by atoms with Gasteiger partial charge in [0.15, 0.2) is 0 Å². The molecule has 7 heteroatoms.